The number of hydrogen-bond acceptors (Lipinski definition) is 3. The van der Waals surface area contributed by atoms with Crippen molar-refractivity contribution in [1.82, 2.24) is 9.80 Å². The molecule has 1 aliphatic rings. The maximum absolute atomic E-state index is 12.5. The molecule has 0 spiro atoms. The highest BCUT2D eigenvalue weighted by molar-refractivity contribution is 7.80. The first kappa shape index (κ1) is 15.9. The standard InChI is InChI=1S/C16H23N3OS/c1-18-9-7-14(8-10-18)19(2)16(20)13-5-3-12(4-6-13)11-15(17)21/h3-6,14H,7-11H2,1-2H3,(H2,17,21). The van der Waals surface area contributed by atoms with Gasteiger partial charge in [0.15, 0.2) is 0 Å². The molecule has 0 aromatic heterocycles. The molecule has 0 saturated carbocycles. The predicted molar refractivity (Wildman–Crippen MR) is 89.5 cm³/mol. The highest BCUT2D eigenvalue weighted by Crippen LogP contribution is 2.17. The van der Waals surface area contributed by atoms with Crippen LogP contribution in [0.3, 0.4) is 0 Å². The molecular formula is C16H23N3OS. The van der Waals surface area contributed by atoms with E-state index >= 15 is 0 Å². The number of rotatable bonds is 4. The quantitative estimate of drug-likeness (QED) is 0.860. The lowest BCUT2D eigenvalue weighted by Crippen LogP contribution is -2.44. The monoisotopic (exact) mass is 305 g/mol. The maximum atomic E-state index is 12.5. The average Bonchev–Trinajstić information content (AvgIpc) is 2.47. The summed E-state index contributed by atoms with van der Waals surface area (Å²) < 4.78 is 0. The number of carbonyl (C=O) groups is 1. The van der Waals surface area contributed by atoms with Crippen molar-refractivity contribution in [3.05, 3.63) is 35.4 Å². The second kappa shape index (κ2) is 7.00. The Morgan fingerprint density at radius 1 is 1.33 bits per heavy atom. The number of hydrogen-bond donors (Lipinski definition) is 1. The van der Waals surface area contributed by atoms with Gasteiger partial charge in [0.25, 0.3) is 5.91 Å². The van der Waals surface area contributed by atoms with Gasteiger partial charge in [-0.05, 0) is 50.7 Å². The van der Waals surface area contributed by atoms with Crippen molar-refractivity contribution in [2.24, 2.45) is 5.73 Å². The Morgan fingerprint density at radius 2 is 1.90 bits per heavy atom. The van der Waals surface area contributed by atoms with Crippen molar-refractivity contribution in [2.45, 2.75) is 25.3 Å². The SMILES string of the molecule is CN1CCC(N(C)C(=O)c2ccc(CC(N)=S)cc2)CC1. The van der Waals surface area contributed by atoms with E-state index in [0.29, 0.717) is 17.5 Å². The summed E-state index contributed by atoms with van der Waals surface area (Å²) in [6, 6.07) is 7.91. The van der Waals surface area contributed by atoms with Crippen molar-refractivity contribution in [3.63, 3.8) is 0 Å². The Bertz CT molecular complexity index is 507. The van der Waals surface area contributed by atoms with E-state index in [1.54, 1.807) is 0 Å². The van der Waals surface area contributed by atoms with Crippen LogP contribution in [-0.4, -0.2) is 53.9 Å². The van der Waals surface area contributed by atoms with Crippen LogP contribution in [0.25, 0.3) is 0 Å². The largest absolute Gasteiger partial charge is 0.393 e. The fraction of sp³-hybridized carbons (Fsp3) is 0.500. The number of carbonyl (C=O) groups excluding carboxylic acids is 1. The summed E-state index contributed by atoms with van der Waals surface area (Å²) in [4.78, 5) is 17.2. The molecule has 5 heteroatoms. The van der Waals surface area contributed by atoms with E-state index < -0.39 is 0 Å². The Hall–Kier alpha value is -1.46. The van der Waals surface area contributed by atoms with E-state index in [1.165, 1.54) is 0 Å². The van der Waals surface area contributed by atoms with Crippen molar-refractivity contribution in [1.29, 1.82) is 0 Å². The second-order valence-corrected chi connectivity index (χ2v) is 6.31. The summed E-state index contributed by atoms with van der Waals surface area (Å²) >= 11 is 4.90. The Balaban J connectivity index is 2.00. The lowest BCUT2D eigenvalue weighted by Gasteiger charge is -2.35. The fourth-order valence-electron chi connectivity index (χ4n) is 2.72. The van der Waals surface area contributed by atoms with Crippen molar-refractivity contribution in [3.8, 4) is 0 Å². The van der Waals surface area contributed by atoms with Crippen LogP contribution >= 0.6 is 12.2 Å². The van der Waals surface area contributed by atoms with Gasteiger partial charge in [0, 0.05) is 25.1 Å². The molecule has 21 heavy (non-hydrogen) atoms. The van der Waals surface area contributed by atoms with Crippen LogP contribution in [0.1, 0.15) is 28.8 Å². The molecule has 0 aliphatic carbocycles. The fourth-order valence-corrected chi connectivity index (χ4v) is 2.88. The minimum atomic E-state index is 0.0893. The molecule has 1 aliphatic heterocycles. The van der Waals surface area contributed by atoms with Gasteiger partial charge in [-0.25, -0.2) is 0 Å². The minimum absolute atomic E-state index is 0.0893. The zero-order valence-electron chi connectivity index (χ0n) is 12.7. The average molecular weight is 305 g/mol. The molecule has 2 rings (SSSR count). The van der Waals surface area contributed by atoms with E-state index in [9.17, 15) is 4.79 Å². The number of amides is 1. The zero-order valence-corrected chi connectivity index (χ0v) is 13.5. The Kier molecular flexibility index (Phi) is 5.31. The normalized spacial score (nSPS) is 16.7. The number of thiocarbonyl (C=S) groups is 1. The van der Waals surface area contributed by atoms with Gasteiger partial charge in [0.2, 0.25) is 0 Å². The van der Waals surface area contributed by atoms with Gasteiger partial charge in [-0.2, -0.15) is 0 Å². The first-order valence-corrected chi connectivity index (χ1v) is 7.71. The third kappa shape index (κ3) is 4.25. The molecule has 0 bridgehead atoms. The Morgan fingerprint density at radius 3 is 2.43 bits per heavy atom. The topological polar surface area (TPSA) is 49.6 Å². The first-order valence-electron chi connectivity index (χ1n) is 7.30. The predicted octanol–water partition coefficient (Wildman–Crippen LogP) is 1.68. The van der Waals surface area contributed by atoms with Crippen LogP contribution in [0, 0.1) is 0 Å². The number of nitrogens with zero attached hydrogens (tertiary/aromatic N) is 2. The molecule has 0 unspecified atom stereocenters. The van der Waals surface area contributed by atoms with Gasteiger partial charge in [-0.3, -0.25) is 4.79 Å². The van der Waals surface area contributed by atoms with Gasteiger partial charge < -0.3 is 15.5 Å². The van der Waals surface area contributed by atoms with Gasteiger partial charge in [0.1, 0.15) is 0 Å². The number of nitrogens with two attached hydrogens (primary N) is 1. The number of benzene rings is 1. The highest BCUT2D eigenvalue weighted by Gasteiger charge is 2.24. The van der Waals surface area contributed by atoms with Crippen LogP contribution in [0.15, 0.2) is 24.3 Å². The highest BCUT2D eigenvalue weighted by atomic mass is 32.1. The van der Waals surface area contributed by atoms with Crippen LogP contribution in [0.5, 0.6) is 0 Å². The van der Waals surface area contributed by atoms with Crippen molar-refractivity contribution >= 4 is 23.1 Å². The van der Waals surface area contributed by atoms with E-state index in [0.717, 1.165) is 37.1 Å². The summed E-state index contributed by atoms with van der Waals surface area (Å²) in [5, 5.41) is 0. The third-order valence-corrected chi connectivity index (χ3v) is 4.28. The van der Waals surface area contributed by atoms with Crippen LogP contribution in [-0.2, 0) is 6.42 Å². The van der Waals surface area contributed by atoms with E-state index in [2.05, 4.69) is 11.9 Å². The molecule has 1 aromatic rings. The molecule has 2 N–H and O–H groups in total. The summed E-state index contributed by atoms with van der Waals surface area (Å²) in [7, 11) is 4.03. The first-order chi connectivity index (χ1) is 9.97. The van der Waals surface area contributed by atoms with Gasteiger partial charge in [-0.15, -0.1) is 0 Å². The molecule has 1 aromatic carbocycles. The third-order valence-electron chi connectivity index (χ3n) is 4.14. The van der Waals surface area contributed by atoms with Crippen LogP contribution < -0.4 is 5.73 Å². The smallest absolute Gasteiger partial charge is 0.253 e. The van der Waals surface area contributed by atoms with E-state index in [1.807, 2.05) is 36.2 Å². The van der Waals surface area contributed by atoms with Gasteiger partial charge >= 0.3 is 0 Å². The molecule has 114 valence electrons. The Labute approximate surface area is 131 Å². The number of piperidine rings is 1. The summed E-state index contributed by atoms with van der Waals surface area (Å²) in [5.74, 6) is 0.0893. The molecular weight excluding hydrogens is 282 g/mol. The van der Waals surface area contributed by atoms with E-state index in [4.69, 9.17) is 18.0 Å². The van der Waals surface area contributed by atoms with Gasteiger partial charge in [-0.1, -0.05) is 24.4 Å². The molecule has 1 saturated heterocycles. The molecule has 1 heterocycles. The van der Waals surface area contributed by atoms with E-state index in [-0.39, 0.29) is 5.91 Å². The maximum Gasteiger partial charge on any atom is 0.253 e. The second-order valence-electron chi connectivity index (χ2n) is 5.79. The molecule has 0 atom stereocenters. The summed E-state index contributed by atoms with van der Waals surface area (Å²) in [6.07, 6.45) is 2.66. The van der Waals surface area contributed by atoms with Crippen LogP contribution in [0.2, 0.25) is 0 Å². The van der Waals surface area contributed by atoms with Gasteiger partial charge in [0.05, 0.1) is 4.99 Å². The molecule has 1 amide bonds. The van der Waals surface area contributed by atoms with Crippen molar-refractivity contribution < 1.29 is 4.79 Å². The zero-order chi connectivity index (χ0) is 15.4. The minimum Gasteiger partial charge on any atom is -0.393 e. The molecule has 1 fully saturated rings. The lowest BCUT2D eigenvalue weighted by molar-refractivity contribution is 0.0659. The molecule has 0 radical (unpaired) electrons. The number of likely N-dealkylation sites (tertiary alicyclic amines) is 1. The summed E-state index contributed by atoms with van der Waals surface area (Å²) in [5.41, 5.74) is 7.30. The lowest BCUT2D eigenvalue weighted by atomic mass is 10.0. The van der Waals surface area contributed by atoms with Crippen LogP contribution in [0.4, 0.5) is 0 Å². The molecule has 4 nitrogen and oxygen atoms in total. The summed E-state index contributed by atoms with van der Waals surface area (Å²) in [6.45, 7) is 2.10. The van der Waals surface area contributed by atoms with Crippen molar-refractivity contribution in [2.75, 3.05) is 27.2 Å².